The van der Waals surface area contributed by atoms with E-state index in [2.05, 4.69) is 23.6 Å². The van der Waals surface area contributed by atoms with Crippen molar-refractivity contribution in [3.63, 3.8) is 0 Å². The first-order chi connectivity index (χ1) is 8.65. The summed E-state index contributed by atoms with van der Waals surface area (Å²) in [5.41, 5.74) is 3.25. The van der Waals surface area contributed by atoms with Gasteiger partial charge >= 0.3 is 0 Å². The standard InChI is InChI=1S/C15H22N2O/c1-11-7-8-14(12(2)9-11)17-15(18)10-16-13-5-3-4-6-13/h7-9,13,16H,3-6,10H2,1-2H3,(H,17,18). The van der Waals surface area contributed by atoms with Crippen LogP contribution in [-0.4, -0.2) is 18.5 Å². The van der Waals surface area contributed by atoms with E-state index in [9.17, 15) is 4.79 Å². The lowest BCUT2D eigenvalue weighted by Crippen LogP contribution is -2.34. The van der Waals surface area contributed by atoms with E-state index in [1.807, 2.05) is 19.1 Å². The molecule has 0 bridgehead atoms. The van der Waals surface area contributed by atoms with Gasteiger partial charge in [-0.15, -0.1) is 0 Å². The summed E-state index contributed by atoms with van der Waals surface area (Å²) in [5.74, 6) is 0.0499. The lowest BCUT2D eigenvalue weighted by molar-refractivity contribution is -0.115. The number of nitrogens with one attached hydrogen (secondary N) is 2. The van der Waals surface area contributed by atoms with Crippen molar-refractivity contribution in [3.8, 4) is 0 Å². The Morgan fingerprint density at radius 2 is 2.00 bits per heavy atom. The van der Waals surface area contributed by atoms with Crippen LogP contribution in [0.2, 0.25) is 0 Å². The molecule has 18 heavy (non-hydrogen) atoms. The van der Waals surface area contributed by atoms with Gasteiger partial charge in [-0.2, -0.15) is 0 Å². The van der Waals surface area contributed by atoms with Crippen molar-refractivity contribution in [2.24, 2.45) is 0 Å². The number of carbonyl (C=O) groups is 1. The molecule has 2 rings (SSSR count). The minimum absolute atomic E-state index is 0.0499. The molecular weight excluding hydrogens is 224 g/mol. The van der Waals surface area contributed by atoms with Gasteiger partial charge < -0.3 is 10.6 Å². The van der Waals surface area contributed by atoms with E-state index in [1.165, 1.54) is 31.2 Å². The van der Waals surface area contributed by atoms with Gasteiger partial charge in [0.15, 0.2) is 0 Å². The van der Waals surface area contributed by atoms with Gasteiger partial charge in [-0.1, -0.05) is 30.5 Å². The van der Waals surface area contributed by atoms with Crippen LogP contribution in [0.5, 0.6) is 0 Å². The fourth-order valence-corrected chi connectivity index (χ4v) is 2.52. The summed E-state index contributed by atoms with van der Waals surface area (Å²) < 4.78 is 0. The molecule has 0 saturated heterocycles. The molecule has 1 amide bonds. The van der Waals surface area contributed by atoms with Crippen LogP contribution < -0.4 is 10.6 Å². The van der Waals surface area contributed by atoms with Crippen LogP contribution in [0, 0.1) is 13.8 Å². The molecule has 1 aliphatic rings. The van der Waals surface area contributed by atoms with Gasteiger partial charge in [0.25, 0.3) is 0 Å². The molecule has 98 valence electrons. The van der Waals surface area contributed by atoms with Gasteiger partial charge in [-0.25, -0.2) is 0 Å². The van der Waals surface area contributed by atoms with Crippen molar-refractivity contribution in [2.75, 3.05) is 11.9 Å². The van der Waals surface area contributed by atoms with Gasteiger partial charge in [0.1, 0.15) is 0 Å². The number of aryl methyl sites for hydroxylation is 2. The van der Waals surface area contributed by atoms with Crippen molar-refractivity contribution in [1.82, 2.24) is 5.32 Å². The molecule has 0 heterocycles. The van der Waals surface area contributed by atoms with Crippen molar-refractivity contribution in [3.05, 3.63) is 29.3 Å². The van der Waals surface area contributed by atoms with Crippen LogP contribution in [0.3, 0.4) is 0 Å². The second-order valence-corrected chi connectivity index (χ2v) is 5.23. The average Bonchev–Trinajstić information content (AvgIpc) is 2.83. The molecule has 1 aliphatic carbocycles. The van der Waals surface area contributed by atoms with Crippen molar-refractivity contribution in [2.45, 2.75) is 45.6 Å². The molecule has 2 N–H and O–H groups in total. The van der Waals surface area contributed by atoms with E-state index in [0.29, 0.717) is 12.6 Å². The first-order valence-electron chi connectivity index (χ1n) is 6.75. The van der Waals surface area contributed by atoms with Gasteiger partial charge in [0, 0.05) is 11.7 Å². The molecule has 1 fully saturated rings. The highest BCUT2D eigenvalue weighted by Gasteiger charge is 2.15. The molecular formula is C15H22N2O. The van der Waals surface area contributed by atoms with Crippen LogP contribution in [0.1, 0.15) is 36.8 Å². The summed E-state index contributed by atoms with van der Waals surface area (Å²) >= 11 is 0. The number of carbonyl (C=O) groups excluding carboxylic acids is 1. The highest BCUT2D eigenvalue weighted by atomic mass is 16.1. The zero-order valence-corrected chi connectivity index (χ0v) is 11.3. The fourth-order valence-electron chi connectivity index (χ4n) is 2.52. The Kier molecular flexibility index (Phi) is 4.37. The molecule has 1 saturated carbocycles. The summed E-state index contributed by atoms with van der Waals surface area (Å²) in [4.78, 5) is 11.8. The topological polar surface area (TPSA) is 41.1 Å². The quantitative estimate of drug-likeness (QED) is 0.857. The van der Waals surface area contributed by atoms with Crippen molar-refractivity contribution in [1.29, 1.82) is 0 Å². The lowest BCUT2D eigenvalue weighted by atomic mass is 10.1. The van der Waals surface area contributed by atoms with Gasteiger partial charge in [-0.3, -0.25) is 4.79 Å². The number of benzene rings is 1. The van der Waals surface area contributed by atoms with Crippen LogP contribution >= 0.6 is 0 Å². The van der Waals surface area contributed by atoms with Crippen molar-refractivity contribution >= 4 is 11.6 Å². The first-order valence-corrected chi connectivity index (χ1v) is 6.75. The average molecular weight is 246 g/mol. The number of amides is 1. The van der Waals surface area contributed by atoms with Crippen LogP contribution in [0.4, 0.5) is 5.69 Å². The molecule has 1 aromatic carbocycles. The zero-order chi connectivity index (χ0) is 13.0. The van der Waals surface area contributed by atoms with E-state index in [-0.39, 0.29) is 5.91 Å². The maximum Gasteiger partial charge on any atom is 0.238 e. The molecule has 3 nitrogen and oxygen atoms in total. The smallest absolute Gasteiger partial charge is 0.238 e. The molecule has 0 spiro atoms. The van der Waals surface area contributed by atoms with E-state index in [1.54, 1.807) is 0 Å². The van der Waals surface area contributed by atoms with Gasteiger partial charge in [0.2, 0.25) is 5.91 Å². The highest BCUT2D eigenvalue weighted by molar-refractivity contribution is 5.93. The normalized spacial score (nSPS) is 15.9. The predicted octanol–water partition coefficient (Wildman–Crippen LogP) is 2.77. The van der Waals surface area contributed by atoms with Crippen molar-refractivity contribution < 1.29 is 4.79 Å². The third-order valence-electron chi connectivity index (χ3n) is 3.56. The number of hydrogen-bond acceptors (Lipinski definition) is 2. The second kappa shape index (κ2) is 6.01. The summed E-state index contributed by atoms with van der Waals surface area (Å²) in [5, 5.41) is 6.28. The maximum absolute atomic E-state index is 11.8. The number of anilines is 1. The fraction of sp³-hybridized carbons (Fsp3) is 0.533. The third kappa shape index (κ3) is 3.57. The van der Waals surface area contributed by atoms with E-state index >= 15 is 0 Å². The first kappa shape index (κ1) is 13.1. The van der Waals surface area contributed by atoms with Crippen LogP contribution in [0.15, 0.2) is 18.2 Å². The second-order valence-electron chi connectivity index (χ2n) is 5.23. The monoisotopic (exact) mass is 246 g/mol. The molecule has 0 aromatic heterocycles. The Morgan fingerprint density at radius 1 is 1.28 bits per heavy atom. The molecule has 0 atom stereocenters. The van der Waals surface area contributed by atoms with Gasteiger partial charge in [-0.05, 0) is 38.3 Å². The molecule has 0 aliphatic heterocycles. The lowest BCUT2D eigenvalue weighted by Gasteiger charge is -2.13. The summed E-state index contributed by atoms with van der Waals surface area (Å²) in [7, 11) is 0. The SMILES string of the molecule is Cc1ccc(NC(=O)CNC2CCCC2)c(C)c1. The Hall–Kier alpha value is -1.35. The van der Waals surface area contributed by atoms with Crippen LogP contribution in [0.25, 0.3) is 0 Å². The Morgan fingerprint density at radius 3 is 2.67 bits per heavy atom. The molecule has 0 unspecified atom stereocenters. The molecule has 3 heteroatoms. The molecule has 1 aromatic rings. The largest absolute Gasteiger partial charge is 0.325 e. The van der Waals surface area contributed by atoms with E-state index in [4.69, 9.17) is 0 Å². The molecule has 0 radical (unpaired) electrons. The maximum atomic E-state index is 11.8. The number of rotatable bonds is 4. The highest BCUT2D eigenvalue weighted by Crippen LogP contribution is 2.18. The zero-order valence-electron chi connectivity index (χ0n) is 11.3. The Balaban J connectivity index is 1.82. The summed E-state index contributed by atoms with van der Waals surface area (Å²) in [6.45, 7) is 4.49. The van der Waals surface area contributed by atoms with E-state index in [0.717, 1.165) is 11.3 Å². The Labute approximate surface area is 109 Å². The minimum Gasteiger partial charge on any atom is -0.325 e. The predicted molar refractivity (Wildman–Crippen MR) is 74.8 cm³/mol. The van der Waals surface area contributed by atoms with E-state index < -0.39 is 0 Å². The Bertz CT molecular complexity index is 423. The van der Waals surface area contributed by atoms with Gasteiger partial charge in [0.05, 0.1) is 6.54 Å². The minimum atomic E-state index is 0.0499. The number of hydrogen-bond donors (Lipinski definition) is 2. The summed E-state index contributed by atoms with van der Waals surface area (Å²) in [6, 6.07) is 6.61. The summed E-state index contributed by atoms with van der Waals surface area (Å²) in [6.07, 6.45) is 4.99. The van der Waals surface area contributed by atoms with Crippen LogP contribution in [-0.2, 0) is 4.79 Å². The third-order valence-corrected chi connectivity index (χ3v) is 3.56.